The highest BCUT2D eigenvalue weighted by Crippen LogP contribution is 2.20. The van der Waals surface area contributed by atoms with E-state index in [1.54, 1.807) is 12.1 Å². The van der Waals surface area contributed by atoms with Crippen molar-refractivity contribution in [3.05, 3.63) is 29.3 Å². The first-order valence-corrected chi connectivity index (χ1v) is 10.6. The number of thiocarbonyl (C=S) groups is 1. The molecule has 1 aromatic rings. The van der Waals surface area contributed by atoms with Gasteiger partial charge in [-0.3, -0.25) is 0 Å². The maximum absolute atomic E-state index is 11.8. The van der Waals surface area contributed by atoms with E-state index in [1.807, 2.05) is 31.1 Å². The second kappa shape index (κ2) is 8.47. The molecule has 0 aliphatic carbocycles. The number of nitrogens with zero attached hydrogens (tertiary/aromatic N) is 2. The fraction of sp³-hybridized carbons (Fsp3) is 0.562. The summed E-state index contributed by atoms with van der Waals surface area (Å²) in [6.07, 6.45) is 1.55. The van der Waals surface area contributed by atoms with Crippen LogP contribution < -0.4 is 5.32 Å². The molecule has 1 aliphatic heterocycles. The lowest BCUT2D eigenvalue weighted by Gasteiger charge is -2.31. The highest BCUT2D eigenvalue weighted by molar-refractivity contribution is 7.91. The van der Waals surface area contributed by atoms with Gasteiger partial charge >= 0.3 is 0 Å². The Morgan fingerprint density at radius 1 is 1.29 bits per heavy atom. The fourth-order valence-corrected chi connectivity index (χ4v) is 4.97. The average molecular weight is 390 g/mol. The van der Waals surface area contributed by atoms with Gasteiger partial charge in [0.25, 0.3) is 0 Å². The molecule has 0 amide bonds. The van der Waals surface area contributed by atoms with Gasteiger partial charge in [-0.05, 0) is 70.0 Å². The molecule has 5 nitrogen and oxygen atoms in total. The molecule has 1 aliphatic rings. The van der Waals surface area contributed by atoms with Gasteiger partial charge in [0.1, 0.15) is 0 Å². The fourth-order valence-electron chi connectivity index (χ4n) is 2.76. The Morgan fingerprint density at radius 2 is 1.96 bits per heavy atom. The SMILES string of the molecule is CN(C)CCCN(C(=S)Nc1ccc(Cl)cc1)[C@H]1CCS(=O)(=O)C1. The first-order valence-electron chi connectivity index (χ1n) is 7.95. The molecule has 0 unspecified atom stereocenters. The molecule has 1 aromatic carbocycles. The van der Waals surface area contributed by atoms with Crippen LogP contribution in [0, 0.1) is 0 Å². The van der Waals surface area contributed by atoms with E-state index < -0.39 is 9.84 Å². The predicted molar refractivity (Wildman–Crippen MR) is 105 cm³/mol. The van der Waals surface area contributed by atoms with Crippen molar-refractivity contribution in [3.63, 3.8) is 0 Å². The lowest BCUT2D eigenvalue weighted by molar-refractivity contribution is 0.306. The van der Waals surface area contributed by atoms with Crippen molar-refractivity contribution in [3.8, 4) is 0 Å². The van der Waals surface area contributed by atoms with Crippen LogP contribution in [0.1, 0.15) is 12.8 Å². The van der Waals surface area contributed by atoms with E-state index in [0.717, 1.165) is 25.2 Å². The molecule has 0 aromatic heterocycles. The topological polar surface area (TPSA) is 52.6 Å². The summed E-state index contributed by atoms with van der Waals surface area (Å²) in [6.45, 7) is 1.66. The molecule has 0 spiro atoms. The Kier molecular flexibility index (Phi) is 6.86. The van der Waals surface area contributed by atoms with Crippen LogP contribution >= 0.6 is 23.8 Å². The largest absolute Gasteiger partial charge is 0.345 e. The standard InChI is InChI=1S/C16H24ClN3O2S2/c1-19(2)9-3-10-20(15-8-11-24(21,22)12-15)16(23)18-14-6-4-13(17)5-7-14/h4-7,15H,3,8-12H2,1-2H3,(H,18,23)/t15-/m0/s1. The van der Waals surface area contributed by atoms with Crippen LogP contribution in [-0.4, -0.2) is 68.1 Å². The minimum absolute atomic E-state index is 0.0514. The number of hydrogen-bond donors (Lipinski definition) is 1. The molecule has 8 heteroatoms. The van der Waals surface area contributed by atoms with E-state index in [-0.39, 0.29) is 17.5 Å². The number of rotatable bonds is 6. The summed E-state index contributed by atoms with van der Waals surface area (Å²) in [4.78, 5) is 4.14. The van der Waals surface area contributed by atoms with Gasteiger partial charge in [-0.15, -0.1) is 0 Å². The van der Waals surface area contributed by atoms with Gasteiger partial charge in [-0.25, -0.2) is 8.42 Å². The maximum atomic E-state index is 11.8. The predicted octanol–water partition coefficient (Wildman–Crippen LogP) is 2.48. The van der Waals surface area contributed by atoms with Crippen molar-refractivity contribution < 1.29 is 8.42 Å². The minimum Gasteiger partial charge on any atom is -0.345 e. The summed E-state index contributed by atoms with van der Waals surface area (Å²) in [5, 5.41) is 4.43. The summed E-state index contributed by atoms with van der Waals surface area (Å²) in [7, 11) is 1.09. The Morgan fingerprint density at radius 3 is 2.50 bits per heavy atom. The number of anilines is 1. The van der Waals surface area contributed by atoms with Crippen LogP contribution in [0.5, 0.6) is 0 Å². The van der Waals surface area contributed by atoms with Crippen LogP contribution in [-0.2, 0) is 9.84 Å². The first kappa shape index (κ1) is 19.4. The van der Waals surface area contributed by atoms with Crippen LogP contribution in [0.15, 0.2) is 24.3 Å². The second-order valence-corrected chi connectivity index (χ2v) is 9.40. The van der Waals surface area contributed by atoms with E-state index in [4.69, 9.17) is 23.8 Å². The molecule has 0 radical (unpaired) electrons. The third-order valence-corrected chi connectivity index (χ3v) is 6.35. The first-order chi connectivity index (χ1) is 11.3. The van der Waals surface area contributed by atoms with E-state index in [9.17, 15) is 8.42 Å². The van der Waals surface area contributed by atoms with Crippen LogP contribution in [0.4, 0.5) is 5.69 Å². The zero-order valence-electron chi connectivity index (χ0n) is 14.0. The van der Waals surface area contributed by atoms with Gasteiger partial charge in [-0.2, -0.15) is 0 Å². The molecule has 0 bridgehead atoms. The van der Waals surface area contributed by atoms with Gasteiger partial charge in [0, 0.05) is 23.3 Å². The van der Waals surface area contributed by atoms with Gasteiger partial charge in [0.15, 0.2) is 14.9 Å². The van der Waals surface area contributed by atoms with E-state index in [1.165, 1.54) is 0 Å². The van der Waals surface area contributed by atoms with Crippen molar-refractivity contribution in [2.45, 2.75) is 18.9 Å². The molecule has 2 rings (SSSR count). The molecule has 134 valence electrons. The summed E-state index contributed by atoms with van der Waals surface area (Å²) < 4.78 is 23.7. The zero-order chi connectivity index (χ0) is 17.7. The van der Waals surface area contributed by atoms with Crippen LogP contribution in [0.3, 0.4) is 0 Å². The Balaban J connectivity index is 2.05. The van der Waals surface area contributed by atoms with Crippen molar-refractivity contribution in [1.82, 2.24) is 9.80 Å². The van der Waals surface area contributed by atoms with Crippen molar-refractivity contribution in [2.75, 3.05) is 44.0 Å². The van der Waals surface area contributed by atoms with Crippen molar-refractivity contribution in [1.29, 1.82) is 0 Å². The Bertz CT molecular complexity index is 662. The molecule has 1 atom stereocenters. The maximum Gasteiger partial charge on any atom is 0.173 e. The van der Waals surface area contributed by atoms with Crippen LogP contribution in [0.2, 0.25) is 5.02 Å². The molecular formula is C16H24ClN3O2S2. The number of nitrogens with one attached hydrogen (secondary N) is 1. The highest BCUT2D eigenvalue weighted by Gasteiger charge is 2.33. The van der Waals surface area contributed by atoms with E-state index in [2.05, 4.69) is 10.2 Å². The zero-order valence-corrected chi connectivity index (χ0v) is 16.4. The third-order valence-electron chi connectivity index (χ3n) is 4.01. The quantitative estimate of drug-likeness (QED) is 0.754. The van der Waals surface area contributed by atoms with Gasteiger partial charge in [0.2, 0.25) is 0 Å². The lowest BCUT2D eigenvalue weighted by atomic mass is 10.2. The highest BCUT2D eigenvalue weighted by atomic mass is 35.5. The van der Waals surface area contributed by atoms with Gasteiger partial charge in [0.05, 0.1) is 11.5 Å². The summed E-state index contributed by atoms with van der Waals surface area (Å²) in [6, 6.07) is 7.26. The third kappa shape index (κ3) is 5.88. The monoisotopic (exact) mass is 389 g/mol. The normalized spacial score (nSPS) is 19.4. The Labute approximate surface area is 154 Å². The summed E-state index contributed by atoms with van der Waals surface area (Å²) in [5.41, 5.74) is 0.850. The average Bonchev–Trinajstić information content (AvgIpc) is 2.85. The van der Waals surface area contributed by atoms with E-state index in [0.29, 0.717) is 16.6 Å². The number of halogens is 1. The molecule has 1 N–H and O–H groups in total. The Hall–Kier alpha value is -0.890. The number of hydrogen-bond acceptors (Lipinski definition) is 4. The van der Waals surface area contributed by atoms with Crippen molar-refractivity contribution >= 4 is 44.5 Å². The number of benzene rings is 1. The minimum atomic E-state index is -2.95. The summed E-state index contributed by atoms with van der Waals surface area (Å²) >= 11 is 11.5. The molecular weight excluding hydrogens is 366 g/mol. The molecule has 0 saturated carbocycles. The van der Waals surface area contributed by atoms with Crippen LogP contribution in [0.25, 0.3) is 0 Å². The lowest BCUT2D eigenvalue weighted by Crippen LogP contribution is -2.44. The van der Waals surface area contributed by atoms with E-state index >= 15 is 0 Å². The second-order valence-electron chi connectivity index (χ2n) is 6.34. The van der Waals surface area contributed by atoms with Crippen molar-refractivity contribution in [2.24, 2.45) is 0 Å². The number of sulfone groups is 1. The molecule has 1 heterocycles. The molecule has 1 fully saturated rings. The molecule has 24 heavy (non-hydrogen) atoms. The van der Waals surface area contributed by atoms with Gasteiger partial charge in [-0.1, -0.05) is 11.6 Å². The smallest absolute Gasteiger partial charge is 0.173 e. The summed E-state index contributed by atoms with van der Waals surface area (Å²) in [5.74, 6) is 0.419. The molecule has 1 saturated heterocycles. The van der Waals surface area contributed by atoms with Gasteiger partial charge < -0.3 is 15.1 Å².